The van der Waals surface area contributed by atoms with Gasteiger partial charge in [-0.15, -0.1) is 0 Å². The fourth-order valence-electron chi connectivity index (χ4n) is 3.23. The summed E-state index contributed by atoms with van der Waals surface area (Å²) in [4.78, 5) is 11.3. The van der Waals surface area contributed by atoms with Crippen molar-refractivity contribution >= 4 is 5.91 Å². The number of amides is 1. The molecule has 1 aliphatic rings. The lowest BCUT2D eigenvalue weighted by Gasteiger charge is -2.11. The van der Waals surface area contributed by atoms with Crippen molar-refractivity contribution in [2.75, 3.05) is 0 Å². The van der Waals surface area contributed by atoms with Gasteiger partial charge in [0.2, 0.25) is 0 Å². The van der Waals surface area contributed by atoms with Gasteiger partial charge in [-0.05, 0) is 48.7 Å². The maximum Gasteiger partial charge on any atom is 0.282 e. The fourth-order valence-corrected chi connectivity index (χ4v) is 3.23. The minimum Gasteiger partial charge on any atom is -0.365 e. The summed E-state index contributed by atoms with van der Waals surface area (Å²) in [7, 11) is 0. The molecule has 4 nitrogen and oxygen atoms in total. The highest BCUT2D eigenvalue weighted by atomic mass is 19.3. The number of carbonyl (C=O) groups is 1. The number of rotatable bonds is 5. The summed E-state index contributed by atoms with van der Waals surface area (Å²) in [6.45, 7) is 0. The first kappa shape index (κ1) is 19.1. The number of aromatic nitrogens is 2. The van der Waals surface area contributed by atoms with Crippen LogP contribution in [0.4, 0.5) is 22.0 Å². The largest absolute Gasteiger partial charge is 0.365 e. The predicted molar refractivity (Wildman–Crippen MR) is 94.3 cm³/mol. The number of alkyl halides is 2. The second kappa shape index (κ2) is 6.98. The third-order valence-electron chi connectivity index (χ3n) is 4.80. The third-order valence-corrected chi connectivity index (χ3v) is 4.80. The highest BCUT2D eigenvalue weighted by Crippen LogP contribution is 2.42. The third kappa shape index (κ3) is 3.37. The van der Waals surface area contributed by atoms with Gasteiger partial charge in [0.15, 0.2) is 0 Å². The van der Waals surface area contributed by atoms with Crippen LogP contribution >= 0.6 is 0 Å². The smallest absolute Gasteiger partial charge is 0.282 e. The van der Waals surface area contributed by atoms with E-state index in [1.54, 1.807) is 0 Å². The molecule has 29 heavy (non-hydrogen) atoms. The Bertz CT molecular complexity index is 1120. The van der Waals surface area contributed by atoms with Gasteiger partial charge in [-0.25, -0.2) is 26.6 Å². The molecule has 0 radical (unpaired) electrons. The quantitative estimate of drug-likeness (QED) is 0.614. The highest BCUT2D eigenvalue weighted by molar-refractivity contribution is 5.95. The van der Waals surface area contributed by atoms with Crippen LogP contribution in [0.25, 0.3) is 16.8 Å². The minimum atomic E-state index is -2.79. The van der Waals surface area contributed by atoms with E-state index in [-0.39, 0.29) is 22.7 Å². The van der Waals surface area contributed by atoms with Gasteiger partial charge in [-0.3, -0.25) is 4.79 Å². The van der Waals surface area contributed by atoms with Crippen LogP contribution in [0.15, 0.2) is 36.4 Å². The van der Waals surface area contributed by atoms with E-state index in [2.05, 4.69) is 5.10 Å². The molecule has 1 aliphatic carbocycles. The van der Waals surface area contributed by atoms with Crippen molar-refractivity contribution in [3.05, 3.63) is 70.8 Å². The molecule has 150 valence electrons. The Labute approximate surface area is 161 Å². The Morgan fingerprint density at radius 3 is 2.38 bits per heavy atom. The number of benzene rings is 2. The van der Waals surface area contributed by atoms with E-state index < -0.39 is 41.0 Å². The van der Waals surface area contributed by atoms with Gasteiger partial charge in [0.1, 0.15) is 34.4 Å². The number of primary amides is 1. The SMILES string of the molecule is NC(=O)c1c(F)ccc(-c2ccc(-n3nc(C(F)F)cc3C3CC3)c(F)c2)c1F. The number of nitrogens with zero attached hydrogens (tertiary/aromatic N) is 2. The molecule has 0 bridgehead atoms. The summed E-state index contributed by atoms with van der Waals surface area (Å²) < 4.78 is 70.3. The van der Waals surface area contributed by atoms with Gasteiger partial charge in [0.25, 0.3) is 12.3 Å². The molecule has 1 amide bonds. The Morgan fingerprint density at radius 2 is 1.79 bits per heavy atom. The van der Waals surface area contributed by atoms with E-state index in [1.165, 1.54) is 18.2 Å². The summed E-state index contributed by atoms with van der Waals surface area (Å²) in [5.74, 6) is -4.42. The van der Waals surface area contributed by atoms with Crippen molar-refractivity contribution in [2.45, 2.75) is 25.2 Å². The summed E-state index contributed by atoms with van der Waals surface area (Å²) in [5.41, 5.74) is 3.85. The van der Waals surface area contributed by atoms with Crippen LogP contribution in [0.5, 0.6) is 0 Å². The van der Waals surface area contributed by atoms with Crippen molar-refractivity contribution in [1.82, 2.24) is 9.78 Å². The fraction of sp³-hybridized carbons (Fsp3) is 0.200. The molecular formula is C20H14F5N3O. The summed E-state index contributed by atoms with van der Waals surface area (Å²) >= 11 is 0. The van der Waals surface area contributed by atoms with Crippen LogP contribution in [-0.2, 0) is 0 Å². The first-order valence-corrected chi connectivity index (χ1v) is 8.74. The van der Waals surface area contributed by atoms with Gasteiger partial charge in [0, 0.05) is 17.2 Å². The molecule has 2 aromatic carbocycles. The molecular weight excluding hydrogens is 393 g/mol. The van der Waals surface area contributed by atoms with Crippen molar-refractivity contribution in [3.63, 3.8) is 0 Å². The molecule has 0 saturated heterocycles. The number of halogens is 5. The van der Waals surface area contributed by atoms with Crippen molar-refractivity contribution in [2.24, 2.45) is 5.73 Å². The Kier molecular flexibility index (Phi) is 4.60. The highest BCUT2D eigenvalue weighted by Gasteiger charge is 2.31. The monoisotopic (exact) mass is 407 g/mol. The van der Waals surface area contributed by atoms with Crippen LogP contribution in [-0.4, -0.2) is 15.7 Å². The zero-order valence-electron chi connectivity index (χ0n) is 14.8. The van der Waals surface area contributed by atoms with Gasteiger partial charge < -0.3 is 5.73 Å². The summed E-state index contributed by atoms with van der Waals surface area (Å²) in [6.07, 6.45) is -1.20. The van der Waals surface area contributed by atoms with E-state index in [9.17, 15) is 26.7 Å². The summed E-state index contributed by atoms with van der Waals surface area (Å²) in [6, 6.07) is 6.75. The van der Waals surface area contributed by atoms with E-state index in [4.69, 9.17) is 5.73 Å². The molecule has 0 aliphatic heterocycles. The number of nitrogens with two attached hydrogens (primary N) is 1. The van der Waals surface area contributed by atoms with Crippen LogP contribution in [0.3, 0.4) is 0 Å². The molecule has 0 unspecified atom stereocenters. The second-order valence-electron chi connectivity index (χ2n) is 6.80. The predicted octanol–water partition coefficient (Wildman–Crippen LogP) is 4.87. The van der Waals surface area contributed by atoms with Gasteiger partial charge >= 0.3 is 0 Å². The number of hydrogen-bond donors (Lipinski definition) is 1. The Balaban J connectivity index is 1.79. The lowest BCUT2D eigenvalue weighted by molar-refractivity contribution is 0.0992. The average molecular weight is 407 g/mol. The lowest BCUT2D eigenvalue weighted by Crippen LogP contribution is -2.16. The molecule has 9 heteroatoms. The van der Waals surface area contributed by atoms with Gasteiger partial charge in [-0.2, -0.15) is 5.10 Å². The molecule has 1 aromatic heterocycles. The molecule has 3 aromatic rings. The first-order valence-electron chi connectivity index (χ1n) is 8.74. The number of carbonyl (C=O) groups excluding carboxylic acids is 1. The van der Waals surface area contributed by atoms with E-state index in [0.29, 0.717) is 5.69 Å². The van der Waals surface area contributed by atoms with Crippen LogP contribution in [0, 0.1) is 17.5 Å². The van der Waals surface area contributed by atoms with Crippen LogP contribution in [0.1, 0.15) is 46.9 Å². The Hall–Kier alpha value is -3.23. The molecule has 1 heterocycles. The molecule has 0 spiro atoms. The normalized spacial score (nSPS) is 13.9. The average Bonchev–Trinajstić information content (AvgIpc) is 3.40. The Morgan fingerprint density at radius 1 is 1.07 bits per heavy atom. The lowest BCUT2D eigenvalue weighted by atomic mass is 10.0. The molecule has 4 rings (SSSR count). The topological polar surface area (TPSA) is 60.9 Å². The zero-order valence-corrected chi connectivity index (χ0v) is 14.8. The maximum absolute atomic E-state index is 14.8. The minimum absolute atomic E-state index is 0.0282. The van der Waals surface area contributed by atoms with E-state index in [1.807, 2.05) is 0 Å². The zero-order chi connectivity index (χ0) is 20.9. The maximum atomic E-state index is 14.8. The van der Waals surface area contributed by atoms with E-state index >= 15 is 0 Å². The van der Waals surface area contributed by atoms with Crippen molar-refractivity contribution in [3.8, 4) is 16.8 Å². The van der Waals surface area contributed by atoms with Gasteiger partial charge in [-0.1, -0.05) is 6.07 Å². The van der Waals surface area contributed by atoms with Crippen molar-refractivity contribution < 1.29 is 26.7 Å². The van der Waals surface area contributed by atoms with Crippen LogP contribution < -0.4 is 5.73 Å². The van der Waals surface area contributed by atoms with Crippen molar-refractivity contribution in [1.29, 1.82) is 0 Å². The second-order valence-corrected chi connectivity index (χ2v) is 6.80. The summed E-state index contributed by atoms with van der Waals surface area (Å²) in [5, 5.41) is 3.81. The van der Waals surface area contributed by atoms with Crippen LogP contribution in [0.2, 0.25) is 0 Å². The molecule has 1 fully saturated rings. The number of hydrogen-bond acceptors (Lipinski definition) is 2. The standard InChI is InChI=1S/C20H14F5N3O/c21-12-5-4-11(18(23)17(12)20(26)29)10-3-6-15(13(22)7-10)28-16(9-1-2-9)8-14(27-28)19(24)25/h3-9,19H,1-2H2,(H2,26,29). The molecule has 2 N–H and O–H groups in total. The van der Waals surface area contributed by atoms with Gasteiger partial charge in [0.05, 0.1) is 0 Å². The molecule has 1 saturated carbocycles. The first-order chi connectivity index (χ1) is 13.8. The molecule has 0 atom stereocenters. The van der Waals surface area contributed by atoms with E-state index in [0.717, 1.165) is 35.7 Å².